The van der Waals surface area contributed by atoms with Crippen LogP contribution in [0, 0.1) is 0 Å². The van der Waals surface area contributed by atoms with Crippen molar-refractivity contribution in [1.82, 2.24) is 0 Å². The molecule has 0 heterocycles. The predicted molar refractivity (Wildman–Crippen MR) is 37.5 cm³/mol. The summed E-state index contributed by atoms with van der Waals surface area (Å²) in [5.74, 6) is 0. The van der Waals surface area contributed by atoms with Crippen LogP contribution in [0.5, 0.6) is 0 Å². The second-order valence-corrected chi connectivity index (χ2v) is 2.01. The molecule has 0 aliphatic rings. The maximum absolute atomic E-state index is 9.82. The zero-order chi connectivity index (χ0) is 7.82. The summed E-state index contributed by atoms with van der Waals surface area (Å²) < 4.78 is 4.83. The van der Waals surface area contributed by atoms with E-state index >= 15 is 0 Å². The maximum Gasteiger partial charge on any atom is 0.154 e. The lowest BCUT2D eigenvalue weighted by molar-refractivity contribution is -0.110. The summed E-state index contributed by atoms with van der Waals surface area (Å²) in [7, 11) is 0. The molecule has 1 unspecified atom stereocenters. The van der Waals surface area contributed by atoms with Crippen LogP contribution in [-0.2, 0) is 9.53 Å². The van der Waals surface area contributed by atoms with Gasteiger partial charge in [-0.25, -0.2) is 0 Å². The van der Waals surface area contributed by atoms with Crippen LogP contribution in [0.3, 0.4) is 0 Å². The molecule has 10 heavy (non-hydrogen) atoms. The summed E-state index contributed by atoms with van der Waals surface area (Å²) >= 11 is 0. The van der Waals surface area contributed by atoms with E-state index in [1.54, 1.807) is 0 Å². The van der Waals surface area contributed by atoms with Crippen molar-refractivity contribution in [2.75, 3.05) is 6.61 Å². The van der Waals surface area contributed by atoms with Crippen LogP contribution >= 0.6 is 0 Å². The molecule has 1 N–H and O–H groups in total. The van der Waals surface area contributed by atoms with Gasteiger partial charge in [-0.15, -0.1) is 0 Å². The number of rotatable bonds is 6. The molecule has 60 valence electrons. The van der Waals surface area contributed by atoms with Gasteiger partial charge >= 0.3 is 0 Å². The van der Waals surface area contributed by atoms with Gasteiger partial charge in [0.15, 0.2) is 6.29 Å². The Balaban J connectivity index is 3.04. The molecule has 0 aliphatic heterocycles. The fourth-order valence-electron chi connectivity index (χ4n) is 0.652. The van der Waals surface area contributed by atoms with E-state index in [0.29, 0.717) is 25.9 Å². The molecule has 0 saturated carbocycles. The van der Waals surface area contributed by atoms with Crippen molar-refractivity contribution in [1.29, 1.82) is 0 Å². The Morgan fingerprint density at radius 3 is 2.90 bits per heavy atom. The molecule has 0 rings (SSSR count). The lowest BCUT2D eigenvalue weighted by Crippen LogP contribution is -2.11. The standard InChI is InChI=1S/C7H14O3/c1-2-10-7(9)5-3-4-6-8/h6-7,9H,2-5H2,1H3. The number of aldehydes is 1. The summed E-state index contributed by atoms with van der Waals surface area (Å²) in [6.07, 6.45) is 1.91. The molecule has 0 fully saturated rings. The van der Waals surface area contributed by atoms with Crippen LogP contribution in [-0.4, -0.2) is 24.3 Å². The van der Waals surface area contributed by atoms with Crippen LogP contribution in [0.15, 0.2) is 0 Å². The summed E-state index contributed by atoms with van der Waals surface area (Å²) in [4.78, 5) is 9.82. The number of aliphatic hydroxyl groups is 1. The lowest BCUT2D eigenvalue weighted by atomic mass is 10.2. The molecule has 1 atom stereocenters. The predicted octanol–water partition coefficient (Wildman–Crippen LogP) is 0.710. The van der Waals surface area contributed by atoms with E-state index in [-0.39, 0.29) is 0 Å². The van der Waals surface area contributed by atoms with Crippen molar-refractivity contribution in [2.45, 2.75) is 32.5 Å². The van der Waals surface area contributed by atoms with E-state index < -0.39 is 6.29 Å². The minimum absolute atomic E-state index is 0.504. The van der Waals surface area contributed by atoms with Gasteiger partial charge in [0.25, 0.3) is 0 Å². The normalized spacial score (nSPS) is 13.0. The molecular formula is C7H14O3. The highest BCUT2D eigenvalue weighted by atomic mass is 16.6. The Morgan fingerprint density at radius 1 is 1.70 bits per heavy atom. The molecule has 3 heteroatoms. The van der Waals surface area contributed by atoms with E-state index in [4.69, 9.17) is 9.84 Å². The van der Waals surface area contributed by atoms with Gasteiger partial charge in [0.05, 0.1) is 0 Å². The topological polar surface area (TPSA) is 46.5 Å². The molecule has 0 bridgehead atoms. The minimum atomic E-state index is -0.690. The van der Waals surface area contributed by atoms with Gasteiger partial charge in [-0.3, -0.25) is 0 Å². The highest BCUT2D eigenvalue weighted by Gasteiger charge is 2.00. The van der Waals surface area contributed by atoms with E-state index in [2.05, 4.69) is 0 Å². The van der Waals surface area contributed by atoms with Gasteiger partial charge < -0.3 is 14.6 Å². The first kappa shape index (κ1) is 9.59. The van der Waals surface area contributed by atoms with Crippen LogP contribution in [0.4, 0.5) is 0 Å². The van der Waals surface area contributed by atoms with Crippen molar-refractivity contribution < 1.29 is 14.6 Å². The fourth-order valence-corrected chi connectivity index (χ4v) is 0.652. The summed E-state index contributed by atoms with van der Waals surface area (Å²) in [5, 5.41) is 8.94. The van der Waals surface area contributed by atoms with Crippen LogP contribution in [0.25, 0.3) is 0 Å². The summed E-state index contributed by atoms with van der Waals surface area (Å²) in [6.45, 7) is 2.34. The van der Waals surface area contributed by atoms with Gasteiger partial charge in [0, 0.05) is 13.0 Å². The van der Waals surface area contributed by atoms with Gasteiger partial charge in [0.2, 0.25) is 0 Å². The monoisotopic (exact) mass is 146 g/mol. The average Bonchev–Trinajstić information content (AvgIpc) is 1.89. The van der Waals surface area contributed by atoms with Gasteiger partial charge in [-0.1, -0.05) is 0 Å². The Hall–Kier alpha value is -0.410. The molecule has 0 radical (unpaired) electrons. The van der Waals surface area contributed by atoms with Gasteiger partial charge in [0.1, 0.15) is 6.29 Å². The Bertz CT molecular complexity index is 82.9. The van der Waals surface area contributed by atoms with Crippen molar-refractivity contribution in [3.63, 3.8) is 0 Å². The van der Waals surface area contributed by atoms with Crippen molar-refractivity contribution in [3.8, 4) is 0 Å². The largest absolute Gasteiger partial charge is 0.368 e. The number of unbranched alkanes of at least 4 members (excludes halogenated alkanes) is 1. The first-order valence-electron chi connectivity index (χ1n) is 3.54. The molecule has 3 nitrogen and oxygen atoms in total. The number of ether oxygens (including phenoxy) is 1. The van der Waals surface area contributed by atoms with Crippen molar-refractivity contribution in [2.24, 2.45) is 0 Å². The number of hydrogen-bond donors (Lipinski definition) is 1. The molecule has 0 aromatic rings. The Kier molecular flexibility index (Phi) is 6.43. The molecule has 0 aromatic carbocycles. The second kappa shape index (κ2) is 6.71. The third-order valence-electron chi connectivity index (χ3n) is 1.13. The first-order chi connectivity index (χ1) is 4.81. The zero-order valence-electron chi connectivity index (χ0n) is 6.25. The lowest BCUT2D eigenvalue weighted by Gasteiger charge is -2.07. The number of carbonyl (C=O) groups excluding carboxylic acids is 1. The third kappa shape index (κ3) is 5.72. The van der Waals surface area contributed by atoms with Crippen LogP contribution in [0.2, 0.25) is 0 Å². The Labute approximate surface area is 61.0 Å². The average molecular weight is 146 g/mol. The second-order valence-electron chi connectivity index (χ2n) is 2.01. The summed E-state index contributed by atoms with van der Waals surface area (Å²) in [5.41, 5.74) is 0. The van der Waals surface area contributed by atoms with Gasteiger partial charge in [-0.05, 0) is 19.8 Å². The summed E-state index contributed by atoms with van der Waals surface area (Å²) in [6, 6.07) is 0. The minimum Gasteiger partial charge on any atom is -0.368 e. The molecule has 0 aliphatic carbocycles. The van der Waals surface area contributed by atoms with E-state index in [0.717, 1.165) is 6.29 Å². The molecule has 0 saturated heterocycles. The smallest absolute Gasteiger partial charge is 0.154 e. The van der Waals surface area contributed by atoms with E-state index in [1.165, 1.54) is 0 Å². The van der Waals surface area contributed by atoms with Gasteiger partial charge in [-0.2, -0.15) is 0 Å². The molecule has 0 amide bonds. The molecule has 0 spiro atoms. The number of aliphatic hydroxyl groups excluding tert-OH is 1. The quantitative estimate of drug-likeness (QED) is 0.341. The molecule has 0 aromatic heterocycles. The van der Waals surface area contributed by atoms with Crippen LogP contribution < -0.4 is 0 Å². The Morgan fingerprint density at radius 2 is 2.40 bits per heavy atom. The highest BCUT2D eigenvalue weighted by Crippen LogP contribution is 1.99. The van der Waals surface area contributed by atoms with E-state index in [9.17, 15) is 4.79 Å². The third-order valence-corrected chi connectivity index (χ3v) is 1.13. The van der Waals surface area contributed by atoms with Crippen molar-refractivity contribution >= 4 is 6.29 Å². The SMILES string of the molecule is CCOC(O)CCCC=O. The maximum atomic E-state index is 9.82. The van der Waals surface area contributed by atoms with Crippen molar-refractivity contribution in [3.05, 3.63) is 0 Å². The fraction of sp³-hybridized carbons (Fsp3) is 0.857. The zero-order valence-corrected chi connectivity index (χ0v) is 6.25. The highest BCUT2D eigenvalue weighted by molar-refractivity contribution is 5.48. The first-order valence-corrected chi connectivity index (χ1v) is 3.54. The molecular weight excluding hydrogens is 132 g/mol. The number of hydrogen-bond acceptors (Lipinski definition) is 3. The van der Waals surface area contributed by atoms with Crippen LogP contribution in [0.1, 0.15) is 26.2 Å². The number of carbonyl (C=O) groups is 1. The van der Waals surface area contributed by atoms with E-state index in [1.807, 2.05) is 6.92 Å².